The van der Waals surface area contributed by atoms with Gasteiger partial charge in [-0.05, 0) is 42.5 Å². The fourth-order valence-corrected chi connectivity index (χ4v) is 4.13. The van der Waals surface area contributed by atoms with Gasteiger partial charge < -0.3 is 30.6 Å². The van der Waals surface area contributed by atoms with Crippen LogP contribution in [-0.2, 0) is 16.8 Å². The molecule has 0 unspecified atom stereocenters. The van der Waals surface area contributed by atoms with E-state index in [-0.39, 0.29) is 11.5 Å². The van der Waals surface area contributed by atoms with Gasteiger partial charge in [0.25, 0.3) is 0 Å². The van der Waals surface area contributed by atoms with E-state index in [9.17, 15) is 0 Å². The van der Waals surface area contributed by atoms with Crippen molar-refractivity contribution in [3.05, 3.63) is 29.3 Å². The van der Waals surface area contributed by atoms with Gasteiger partial charge in [0.15, 0.2) is 11.5 Å². The molecule has 1 aromatic carbocycles. The molecule has 4 N–H and O–H groups in total. The van der Waals surface area contributed by atoms with Gasteiger partial charge in [0.1, 0.15) is 11.6 Å². The number of nitrogen functional groups attached to an aromatic ring is 2. The van der Waals surface area contributed by atoms with Crippen molar-refractivity contribution in [1.82, 2.24) is 9.97 Å². The summed E-state index contributed by atoms with van der Waals surface area (Å²) in [5.41, 5.74) is 13.7. The van der Waals surface area contributed by atoms with E-state index >= 15 is 0 Å². The van der Waals surface area contributed by atoms with Gasteiger partial charge in [-0.3, -0.25) is 0 Å². The Kier molecular flexibility index (Phi) is 4.43. The number of ether oxygens (including phenoxy) is 3. The van der Waals surface area contributed by atoms with Crippen LogP contribution in [0.2, 0.25) is 0 Å². The first kappa shape index (κ1) is 17.7. The van der Waals surface area contributed by atoms with Crippen LogP contribution in [0.4, 0.5) is 17.6 Å². The van der Waals surface area contributed by atoms with Crippen molar-refractivity contribution >= 4 is 17.6 Å². The normalized spacial score (nSPS) is 18.2. The summed E-state index contributed by atoms with van der Waals surface area (Å²) in [5, 5.41) is 0. The molecule has 0 atom stereocenters. The lowest BCUT2D eigenvalue weighted by atomic mass is 9.79. The Morgan fingerprint density at radius 3 is 2.41 bits per heavy atom. The van der Waals surface area contributed by atoms with Crippen molar-refractivity contribution in [2.24, 2.45) is 0 Å². The zero-order chi connectivity index (χ0) is 19.0. The first-order chi connectivity index (χ1) is 13.0. The van der Waals surface area contributed by atoms with E-state index in [2.05, 4.69) is 27.0 Å². The molecule has 3 heterocycles. The fraction of sp³-hybridized carbons (Fsp3) is 0.474. The van der Waals surface area contributed by atoms with E-state index in [0.717, 1.165) is 49.7 Å². The van der Waals surface area contributed by atoms with Crippen LogP contribution in [0.15, 0.2) is 18.2 Å². The number of aromatic nitrogens is 2. The number of nitrogens with two attached hydrogens (primary N) is 2. The number of hydrogen-bond acceptors (Lipinski definition) is 8. The van der Waals surface area contributed by atoms with Gasteiger partial charge in [0, 0.05) is 19.2 Å². The largest absolute Gasteiger partial charge is 0.493 e. The Hall–Kier alpha value is -2.74. The van der Waals surface area contributed by atoms with Gasteiger partial charge in [-0.15, -0.1) is 0 Å². The van der Waals surface area contributed by atoms with Crippen LogP contribution >= 0.6 is 0 Å². The standard InChI is InChI=1S/C19H25N5O3/c1-25-14-9-12-3-8-27-19(13(12)10-15(14)26-2)4-6-24(7-5-19)17-11-16(20)22-18(21)23-17/h9-11H,3-8H2,1-2H3,(H4,20,21,22,23). The van der Waals surface area contributed by atoms with E-state index in [1.54, 1.807) is 20.3 Å². The van der Waals surface area contributed by atoms with Crippen LogP contribution in [0, 0.1) is 0 Å². The van der Waals surface area contributed by atoms with Crippen LogP contribution in [0.1, 0.15) is 24.0 Å². The lowest BCUT2D eigenvalue weighted by Gasteiger charge is -2.45. The summed E-state index contributed by atoms with van der Waals surface area (Å²) in [5.74, 6) is 2.84. The fourth-order valence-electron chi connectivity index (χ4n) is 4.13. The quantitative estimate of drug-likeness (QED) is 0.840. The first-order valence-corrected chi connectivity index (χ1v) is 9.09. The van der Waals surface area contributed by atoms with E-state index in [4.69, 9.17) is 25.7 Å². The highest BCUT2D eigenvalue weighted by Crippen LogP contribution is 2.45. The maximum atomic E-state index is 6.33. The van der Waals surface area contributed by atoms with E-state index in [1.807, 2.05) is 0 Å². The number of fused-ring (bicyclic) bond motifs is 2. The molecular weight excluding hydrogens is 346 g/mol. The molecule has 8 heteroatoms. The molecule has 0 radical (unpaired) electrons. The van der Waals surface area contributed by atoms with Crippen LogP contribution in [0.5, 0.6) is 11.5 Å². The second-order valence-corrected chi connectivity index (χ2v) is 6.95. The highest BCUT2D eigenvalue weighted by molar-refractivity contribution is 5.53. The van der Waals surface area contributed by atoms with Crippen LogP contribution < -0.4 is 25.8 Å². The van der Waals surface area contributed by atoms with Crippen molar-refractivity contribution in [1.29, 1.82) is 0 Å². The minimum Gasteiger partial charge on any atom is -0.493 e. The summed E-state index contributed by atoms with van der Waals surface area (Å²) in [6.07, 6.45) is 2.57. The van der Waals surface area contributed by atoms with Crippen molar-refractivity contribution in [3.63, 3.8) is 0 Å². The van der Waals surface area contributed by atoms with E-state index in [0.29, 0.717) is 12.4 Å². The Morgan fingerprint density at radius 2 is 1.74 bits per heavy atom. The minimum absolute atomic E-state index is 0.196. The van der Waals surface area contributed by atoms with Crippen molar-refractivity contribution in [2.75, 3.05) is 50.3 Å². The Bertz CT molecular complexity index is 829. The number of anilines is 3. The van der Waals surface area contributed by atoms with Crippen molar-refractivity contribution in [2.45, 2.75) is 24.9 Å². The Labute approximate surface area is 158 Å². The van der Waals surface area contributed by atoms with Gasteiger partial charge in [-0.25, -0.2) is 0 Å². The molecule has 0 bridgehead atoms. The molecule has 8 nitrogen and oxygen atoms in total. The Balaban J connectivity index is 1.62. The number of benzene rings is 1. The highest BCUT2D eigenvalue weighted by atomic mass is 16.5. The molecule has 2 aliphatic heterocycles. The van der Waals surface area contributed by atoms with Gasteiger partial charge in [0.2, 0.25) is 5.95 Å². The highest BCUT2D eigenvalue weighted by Gasteiger charge is 2.41. The molecule has 0 amide bonds. The van der Waals surface area contributed by atoms with Gasteiger partial charge in [-0.1, -0.05) is 0 Å². The molecule has 2 aromatic rings. The van der Waals surface area contributed by atoms with Crippen molar-refractivity contribution in [3.8, 4) is 11.5 Å². The molecule has 2 aliphatic rings. The molecule has 0 aliphatic carbocycles. The molecule has 27 heavy (non-hydrogen) atoms. The van der Waals surface area contributed by atoms with Crippen LogP contribution in [-0.4, -0.2) is 43.9 Å². The van der Waals surface area contributed by atoms with Gasteiger partial charge in [0.05, 0.1) is 26.4 Å². The van der Waals surface area contributed by atoms with Gasteiger partial charge >= 0.3 is 0 Å². The molecule has 0 saturated carbocycles. The Morgan fingerprint density at radius 1 is 1.04 bits per heavy atom. The van der Waals surface area contributed by atoms with E-state index in [1.165, 1.54) is 11.1 Å². The van der Waals surface area contributed by atoms with Crippen LogP contribution in [0.3, 0.4) is 0 Å². The maximum Gasteiger partial charge on any atom is 0.223 e. The second kappa shape index (κ2) is 6.77. The lowest BCUT2D eigenvalue weighted by molar-refractivity contribution is -0.0768. The molecule has 4 rings (SSSR count). The second-order valence-electron chi connectivity index (χ2n) is 6.95. The predicted molar refractivity (Wildman–Crippen MR) is 103 cm³/mol. The summed E-state index contributed by atoms with van der Waals surface area (Å²) in [6, 6.07) is 5.91. The molecular formula is C19H25N5O3. The zero-order valence-electron chi connectivity index (χ0n) is 15.7. The third-order valence-electron chi connectivity index (χ3n) is 5.49. The molecule has 1 saturated heterocycles. The number of piperidine rings is 1. The first-order valence-electron chi connectivity index (χ1n) is 9.09. The summed E-state index contributed by atoms with van der Waals surface area (Å²) in [4.78, 5) is 10.4. The van der Waals surface area contributed by atoms with Gasteiger partial charge in [-0.2, -0.15) is 9.97 Å². The zero-order valence-corrected chi connectivity index (χ0v) is 15.7. The molecule has 1 aromatic heterocycles. The topological polar surface area (TPSA) is 109 Å². The molecule has 1 fully saturated rings. The summed E-state index contributed by atoms with van der Waals surface area (Å²) < 4.78 is 17.3. The minimum atomic E-state index is -0.312. The molecule has 144 valence electrons. The van der Waals surface area contributed by atoms with Crippen molar-refractivity contribution < 1.29 is 14.2 Å². The summed E-state index contributed by atoms with van der Waals surface area (Å²) in [7, 11) is 3.32. The molecule has 1 spiro atoms. The summed E-state index contributed by atoms with van der Waals surface area (Å²) in [6.45, 7) is 2.29. The lowest BCUT2D eigenvalue weighted by Crippen LogP contribution is -2.47. The predicted octanol–water partition coefficient (Wildman–Crippen LogP) is 1.73. The smallest absolute Gasteiger partial charge is 0.223 e. The number of hydrogen-bond donors (Lipinski definition) is 2. The maximum absolute atomic E-state index is 6.33. The number of rotatable bonds is 3. The third kappa shape index (κ3) is 3.10. The average Bonchev–Trinajstić information content (AvgIpc) is 2.67. The third-order valence-corrected chi connectivity index (χ3v) is 5.49. The number of methoxy groups -OCH3 is 2. The van der Waals surface area contributed by atoms with Crippen LogP contribution in [0.25, 0.3) is 0 Å². The SMILES string of the molecule is COc1cc2c(cc1OC)C1(CCN(c3cc(N)nc(N)n3)CC1)OCC2. The average molecular weight is 371 g/mol. The van der Waals surface area contributed by atoms with E-state index < -0.39 is 0 Å². The number of nitrogens with zero attached hydrogens (tertiary/aromatic N) is 3. The monoisotopic (exact) mass is 371 g/mol. The summed E-state index contributed by atoms with van der Waals surface area (Å²) >= 11 is 0.